The highest BCUT2D eigenvalue weighted by atomic mass is 19.1. The Bertz CT molecular complexity index is 1030. The molecule has 1 N–H and O–H groups in total. The lowest BCUT2D eigenvalue weighted by molar-refractivity contribution is 0.0774. The molecule has 8 nitrogen and oxygen atoms in total. The highest BCUT2D eigenvalue weighted by Crippen LogP contribution is 2.30. The normalized spacial score (nSPS) is 12.7. The van der Waals surface area contributed by atoms with Crippen LogP contribution in [0.2, 0.25) is 0 Å². The smallest absolute Gasteiger partial charge is 0.259 e. The summed E-state index contributed by atoms with van der Waals surface area (Å²) in [5.41, 5.74) is 2.23. The van der Waals surface area contributed by atoms with Crippen molar-refractivity contribution in [2.45, 2.75) is 26.8 Å². The Balaban J connectivity index is 1.63. The molecule has 3 aromatic rings. The number of anilines is 1. The zero-order valence-electron chi connectivity index (χ0n) is 15.8. The summed E-state index contributed by atoms with van der Waals surface area (Å²) in [5.74, 6) is 0.726. The number of amides is 1. The molecule has 0 spiro atoms. The van der Waals surface area contributed by atoms with Crippen LogP contribution in [-0.4, -0.2) is 50.1 Å². The maximum atomic E-state index is 14.3. The summed E-state index contributed by atoms with van der Waals surface area (Å²) in [6.07, 6.45) is 3.65. The van der Waals surface area contributed by atoms with Crippen molar-refractivity contribution < 1.29 is 13.9 Å². The fourth-order valence-electron chi connectivity index (χ4n) is 3.46. The van der Waals surface area contributed by atoms with E-state index < -0.39 is 0 Å². The molecule has 0 saturated heterocycles. The van der Waals surface area contributed by atoms with E-state index >= 15 is 0 Å². The molecule has 1 amide bonds. The van der Waals surface area contributed by atoms with Gasteiger partial charge in [0.05, 0.1) is 6.61 Å². The molecular weight excluding hydrogens is 363 g/mol. The van der Waals surface area contributed by atoms with Gasteiger partial charge in [-0.15, -0.1) is 10.2 Å². The molecule has 28 heavy (non-hydrogen) atoms. The van der Waals surface area contributed by atoms with Crippen molar-refractivity contribution in [1.82, 2.24) is 24.5 Å². The number of nitrogens with one attached hydrogen (secondary N) is 1. The summed E-state index contributed by atoms with van der Waals surface area (Å²) in [6.45, 7) is 5.82. The van der Waals surface area contributed by atoms with Gasteiger partial charge in [-0.2, -0.15) is 0 Å². The van der Waals surface area contributed by atoms with E-state index in [-0.39, 0.29) is 18.3 Å². The van der Waals surface area contributed by atoms with E-state index in [9.17, 15) is 9.18 Å². The molecule has 1 aromatic carbocycles. The number of carbonyl (C=O) groups excluding carboxylic acids is 1. The summed E-state index contributed by atoms with van der Waals surface area (Å²) < 4.78 is 21.5. The second-order valence-electron chi connectivity index (χ2n) is 6.45. The number of benzene rings is 1. The number of carbonyl (C=O) groups is 1. The summed E-state index contributed by atoms with van der Waals surface area (Å²) in [7, 11) is 0. The van der Waals surface area contributed by atoms with Crippen molar-refractivity contribution in [3.8, 4) is 5.75 Å². The SMILES string of the molecule is CCN(CC)C(=O)c1cnc(NCc2c(F)ccc3c2CCO3)n2cnnc12. The zero-order chi connectivity index (χ0) is 19.7. The van der Waals surface area contributed by atoms with E-state index in [1.54, 1.807) is 15.4 Å². The van der Waals surface area contributed by atoms with Crippen LogP contribution in [-0.2, 0) is 13.0 Å². The second-order valence-corrected chi connectivity index (χ2v) is 6.45. The van der Waals surface area contributed by atoms with Crippen LogP contribution in [0, 0.1) is 5.82 Å². The Morgan fingerprint density at radius 3 is 2.96 bits per heavy atom. The second kappa shape index (κ2) is 7.41. The number of ether oxygens (including phenoxy) is 1. The Morgan fingerprint density at radius 2 is 2.18 bits per heavy atom. The van der Waals surface area contributed by atoms with E-state index in [0.29, 0.717) is 48.8 Å². The summed E-state index contributed by atoms with van der Waals surface area (Å²) in [5, 5.41) is 11.1. The fourth-order valence-corrected chi connectivity index (χ4v) is 3.46. The Labute approximate surface area is 161 Å². The van der Waals surface area contributed by atoms with Crippen molar-refractivity contribution in [3.63, 3.8) is 0 Å². The largest absolute Gasteiger partial charge is 0.493 e. The first-order valence-electron chi connectivity index (χ1n) is 9.29. The van der Waals surface area contributed by atoms with Crippen LogP contribution in [0.3, 0.4) is 0 Å². The van der Waals surface area contributed by atoms with E-state index in [2.05, 4.69) is 20.5 Å². The van der Waals surface area contributed by atoms with Gasteiger partial charge >= 0.3 is 0 Å². The lowest BCUT2D eigenvalue weighted by Gasteiger charge is -2.19. The fraction of sp³-hybridized carbons (Fsp3) is 0.368. The molecule has 2 aromatic heterocycles. The van der Waals surface area contributed by atoms with Crippen molar-refractivity contribution in [3.05, 3.63) is 47.2 Å². The molecular formula is C19H21FN6O2. The molecule has 0 unspecified atom stereocenters. The summed E-state index contributed by atoms with van der Waals surface area (Å²) in [6, 6.07) is 3.07. The third kappa shape index (κ3) is 3.02. The predicted molar refractivity (Wildman–Crippen MR) is 101 cm³/mol. The van der Waals surface area contributed by atoms with Gasteiger partial charge in [-0.1, -0.05) is 0 Å². The highest BCUT2D eigenvalue weighted by molar-refractivity contribution is 5.99. The van der Waals surface area contributed by atoms with Gasteiger partial charge in [-0.3, -0.25) is 9.20 Å². The Kier molecular flexibility index (Phi) is 4.81. The van der Waals surface area contributed by atoms with Crippen molar-refractivity contribution in [1.29, 1.82) is 0 Å². The molecule has 0 atom stereocenters. The zero-order valence-corrected chi connectivity index (χ0v) is 15.8. The summed E-state index contributed by atoms with van der Waals surface area (Å²) >= 11 is 0. The number of hydrogen-bond donors (Lipinski definition) is 1. The third-order valence-electron chi connectivity index (χ3n) is 4.98. The lowest BCUT2D eigenvalue weighted by Crippen LogP contribution is -2.31. The maximum Gasteiger partial charge on any atom is 0.259 e. The number of hydrogen-bond acceptors (Lipinski definition) is 6. The van der Waals surface area contributed by atoms with Gasteiger partial charge in [-0.25, -0.2) is 9.37 Å². The van der Waals surface area contributed by atoms with Crippen LogP contribution in [0.1, 0.15) is 35.3 Å². The third-order valence-corrected chi connectivity index (χ3v) is 4.98. The molecule has 0 radical (unpaired) electrons. The van der Waals surface area contributed by atoms with E-state index in [4.69, 9.17) is 4.74 Å². The van der Waals surface area contributed by atoms with Gasteiger partial charge in [0.15, 0.2) is 5.65 Å². The molecule has 4 rings (SSSR count). The van der Waals surface area contributed by atoms with Crippen LogP contribution >= 0.6 is 0 Å². The minimum absolute atomic E-state index is 0.147. The molecule has 146 valence electrons. The molecule has 3 heterocycles. The van der Waals surface area contributed by atoms with Crippen molar-refractivity contribution >= 4 is 17.5 Å². The van der Waals surface area contributed by atoms with Crippen molar-refractivity contribution in [2.24, 2.45) is 0 Å². The van der Waals surface area contributed by atoms with Crippen LogP contribution in [0.25, 0.3) is 5.65 Å². The Morgan fingerprint density at radius 1 is 1.36 bits per heavy atom. The topological polar surface area (TPSA) is 84.7 Å². The van der Waals surface area contributed by atoms with E-state index in [1.165, 1.54) is 18.6 Å². The average Bonchev–Trinajstić information content (AvgIpc) is 3.37. The number of aromatic nitrogens is 4. The Hall–Kier alpha value is -3.23. The summed E-state index contributed by atoms with van der Waals surface area (Å²) in [4.78, 5) is 18.8. The van der Waals surface area contributed by atoms with Gasteiger partial charge in [0, 0.05) is 43.4 Å². The lowest BCUT2D eigenvalue weighted by atomic mass is 10.0. The standard InChI is InChI=1S/C19H21FN6O2/c1-3-25(4-2)18(27)14-10-22-19(26-11-23-24-17(14)26)21-9-13-12-7-8-28-16(12)6-5-15(13)20/h5-6,10-11H,3-4,7-9H2,1-2H3,(H,21,22). The van der Waals surface area contributed by atoms with Crippen LogP contribution in [0.5, 0.6) is 5.75 Å². The highest BCUT2D eigenvalue weighted by Gasteiger charge is 2.22. The van der Waals surface area contributed by atoms with Crippen LogP contribution < -0.4 is 10.1 Å². The first kappa shape index (κ1) is 18.1. The van der Waals surface area contributed by atoms with Gasteiger partial charge in [0.25, 0.3) is 5.91 Å². The van der Waals surface area contributed by atoms with Gasteiger partial charge in [0.1, 0.15) is 23.5 Å². The van der Waals surface area contributed by atoms with Gasteiger partial charge < -0.3 is 15.0 Å². The molecule has 0 bridgehead atoms. The number of halogens is 1. The number of rotatable bonds is 6. The predicted octanol–water partition coefficient (Wildman–Crippen LogP) is 2.29. The molecule has 9 heteroatoms. The molecule has 1 aliphatic rings. The first-order valence-corrected chi connectivity index (χ1v) is 9.29. The van der Waals surface area contributed by atoms with E-state index in [0.717, 1.165) is 11.3 Å². The minimum Gasteiger partial charge on any atom is -0.493 e. The van der Waals surface area contributed by atoms with Crippen LogP contribution in [0.4, 0.5) is 10.3 Å². The van der Waals surface area contributed by atoms with E-state index in [1.807, 2.05) is 13.8 Å². The van der Waals surface area contributed by atoms with Crippen LogP contribution in [0.15, 0.2) is 24.7 Å². The molecule has 0 fully saturated rings. The molecule has 0 saturated carbocycles. The number of nitrogens with zero attached hydrogens (tertiary/aromatic N) is 5. The quantitative estimate of drug-likeness (QED) is 0.702. The van der Waals surface area contributed by atoms with Gasteiger partial charge in [0.2, 0.25) is 5.95 Å². The first-order chi connectivity index (χ1) is 13.6. The molecule has 1 aliphatic heterocycles. The van der Waals surface area contributed by atoms with Gasteiger partial charge in [-0.05, 0) is 26.0 Å². The minimum atomic E-state index is -0.287. The average molecular weight is 384 g/mol. The molecule has 0 aliphatic carbocycles. The maximum absolute atomic E-state index is 14.3. The number of fused-ring (bicyclic) bond motifs is 2. The van der Waals surface area contributed by atoms with Crippen molar-refractivity contribution in [2.75, 3.05) is 25.0 Å². The monoisotopic (exact) mass is 384 g/mol.